The first-order valence-electron chi connectivity index (χ1n) is 11.1. The van der Waals surface area contributed by atoms with Crippen LogP contribution in [0.4, 0.5) is 16.2 Å². The van der Waals surface area contributed by atoms with Crippen molar-refractivity contribution in [3.63, 3.8) is 0 Å². The number of hydrogen-bond acceptors (Lipinski definition) is 7. The number of benzene rings is 2. The Bertz CT molecular complexity index is 1520. The van der Waals surface area contributed by atoms with Crippen LogP contribution in [0.2, 0.25) is 0 Å². The van der Waals surface area contributed by atoms with E-state index < -0.39 is 5.91 Å². The predicted octanol–water partition coefficient (Wildman–Crippen LogP) is 4.03. The molecule has 2 heterocycles. The highest BCUT2D eigenvalue weighted by atomic mass is 19.1. The van der Waals surface area contributed by atoms with Gasteiger partial charge in [-0.1, -0.05) is 24.0 Å². The van der Waals surface area contributed by atoms with E-state index in [2.05, 4.69) is 42.7 Å². The molecular formula is C27H22FN7O. The van der Waals surface area contributed by atoms with Crippen LogP contribution in [0.5, 0.6) is 0 Å². The van der Waals surface area contributed by atoms with Crippen molar-refractivity contribution in [1.29, 1.82) is 5.26 Å². The number of fused-ring (bicyclic) bond motifs is 1. The van der Waals surface area contributed by atoms with Gasteiger partial charge in [0.25, 0.3) is 5.91 Å². The maximum absolute atomic E-state index is 13.2. The number of carbonyl (C=O) groups excluding carboxylic acids is 1. The van der Waals surface area contributed by atoms with Gasteiger partial charge in [-0.2, -0.15) is 5.26 Å². The Balaban J connectivity index is 1.47. The molecule has 3 N–H and O–H groups in total. The first-order chi connectivity index (χ1) is 17.5. The maximum atomic E-state index is 13.2. The van der Waals surface area contributed by atoms with E-state index >= 15 is 0 Å². The van der Waals surface area contributed by atoms with Crippen LogP contribution in [0, 0.1) is 29.0 Å². The molecule has 0 saturated carbocycles. The molecule has 2 aromatic heterocycles. The Morgan fingerprint density at radius 2 is 1.89 bits per heavy atom. The summed E-state index contributed by atoms with van der Waals surface area (Å²) in [6.45, 7) is 2.01. The van der Waals surface area contributed by atoms with Crippen LogP contribution >= 0.6 is 0 Å². The fraction of sp³-hybridized carbons (Fsp3) is 0.148. The number of anilines is 2. The molecule has 178 valence electrons. The zero-order valence-electron chi connectivity index (χ0n) is 19.6. The predicted molar refractivity (Wildman–Crippen MR) is 136 cm³/mol. The van der Waals surface area contributed by atoms with Gasteiger partial charge < -0.3 is 16.0 Å². The second kappa shape index (κ2) is 10.9. The van der Waals surface area contributed by atoms with E-state index in [1.807, 2.05) is 24.3 Å². The van der Waals surface area contributed by atoms with Crippen LogP contribution in [-0.2, 0) is 0 Å². The van der Waals surface area contributed by atoms with Gasteiger partial charge in [0.15, 0.2) is 0 Å². The van der Waals surface area contributed by atoms with Crippen LogP contribution < -0.4 is 16.0 Å². The molecule has 9 heteroatoms. The third-order valence-electron chi connectivity index (χ3n) is 5.36. The third kappa shape index (κ3) is 5.72. The minimum absolute atomic E-state index is 0.216. The molecule has 36 heavy (non-hydrogen) atoms. The van der Waals surface area contributed by atoms with E-state index in [1.165, 1.54) is 24.4 Å². The lowest BCUT2D eigenvalue weighted by molar-refractivity contribution is 0.0940. The van der Waals surface area contributed by atoms with E-state index in [1.54, 1.807) is 32.3 Å². The van der Waals surface area contributed by atoms with Gasteiger partial charge in [0.05, 0.1) is 29.2 Å². The van der Waals surface area contributed by atoms with E-state index in [0.717, 1.165) is 22.0 Å². The van der Waals surface area contributed by atoms with Gasteiger partial charge in [0.2, 0.25) is 5.95 Å². The number of nitriles is 1. The summed E-state index contributed by atoms with van der Waals surface area (Å²) in [7, 11) is 1.76. The molecule has 0 aliphatic carbocycles. The van der Waals surface area contributed by atoms with Crippen molar-refractivity contribution in [3.8, 4) is 17.9 Å². The van der Waals surface area contributed by atoms with Crippen molar-refractivity contribution in [3.05, 3.63) is 89.0 Å². The SMILES string of the molecule is CNc1ncc2cc(C#CCNc3ncc(C#N)cc3C(=O)N[C@@H](C)c3ccc(F)cc3)ccc2n1. The highest BCUT2D eigenvalue weighted by Gasteiger charge is 2.17. The number of pyridine rings is 1. The highest BCUT2D eigenvalue weighted by molar-refractivity contribution is 5.99. The zero-order valence-corrected chi connectivity index (χ0v) is 19.6. The van der Waals surface area contributed by atoms with E-state index in [0.29, 0.717) is 11.8 Å². The van der Waals surface area contributed by atoms with Gasteiger partial charge in [0, 0.05) is 30.4 Å². The summed E-state index contributed by atoms with van der Waals surface area (Å²) in [5.74, 6) is 6.17. The molecule has 0 radical (unpaired) electrons. The van der Waals surface area contributed by atoms with Crippen LogP contribution in [0.25, 0.3) is 10.9 Å². The summed E-state index contributed by atoms with van der Waals surface area (Å²) in [4.78, 5) is 25.8. The Kier molecular flexibility index (Phi) is 7.33. The molecule has 0 fully saturated rings. The molecular weight excluding hydrogens is 457 g/mol. The maximum Gasteiger partial charge on any atom is 0.255 e. The lowest BCUT2D eigenvalue weighted by atomic mass is 10.1. The Hall–Kier alpha value is -5.02. The van der Waals surface area contributed by atoms with E-state index in [-0.39, 0.29) is 29.5 Å². The van der Waals surface area contributed by atoms with Crippen molar-refractivity contribution in [2.24, 2.45) is 0 Å². The molecule has 0 unspecified atom stereocenters. The Labute approximate surface area is 207 Å². The monoisotopic (exact) mass is 479 g/mol. The normalized spacial score (nSPS) is 11.1. The fourth-order valence-electron chi connectivity index (χ4n) is 3.45. The van der Waals surface area contributed by atoms with E-state index in [9.17, 15) is 14.4 Å². The van der Waals surface area contributed by atoms with Crippen LogP contribution in [0.3, 0.4) is 0 Å². The van der Waals surface area contributed by atoms with Gasteiger partial charge in [-0.15, -0.1) is 0 Å². The number of hydrogen-bond donors (Lipinski definition) is 3. The number of carbonyl (C=O) groups is 1. The average Bonchev–Trinajstić information content (AvgIpc) is 2.91. The second-order valence-corrected chi connectivity index (χ2v) is 7.85. The minimum Gasteiger partial charge on any atom is -0.358 e. The minimum atomic E-state index is -0.414. The third-order valence-corrected chi connectivity index (χ3v) is 5.36. The van der Waals surface area contributed by atoms with Crippen molar-refractivity contribution in [2.75, 3.05) is 24.2 Å². The molecule has 0 aliphatic heterocycles. The first-order valence-corrected chi connectivity index (χ1v) is 11.1. The Morgan fingerprint density at radius 1 is 1.08 bits per heavy atom. The molecule has 2 aromatic carbocycles. The van der Waals surface area contributed by atoms with Crippen molar-refractivity contribution in [1.82, 2.24) is 20.3 Å². The standard InChI is InChI=1S/C27H22FN7O/c1-17(20-6-8-22(28)9-7-20)34-26(36)23-13-19(14-29)15-32-25(23)31-11-3-4-18-5-10-24-21(12-18)16-33-27(30-2)35-24/h5-10,12-13,15-17H,11H2,1-2H3,(H,31,32)(H,34,36)(H,30,33,35)/t17-/m0/s1. The molecule has 1 amide bonds. The van der Waals surface area contributed by atoms with Crippen molar-refractivity contribution >= 4 is 28.6 Å². The number of nitrogens with zero attached hydrogens (tertiary/aromatic N) is 4. The molecule has 0 aliphatic rings. The number of nitrogens with one attached hydrogen (secondary N) is 3. The average molecular weight is 480 g/mol. The first kappa shape index (κ1) is 24.1. The topological polar surface area (TPSA) is 116 Å². The van der Waals surface area contributed by atoms with Gasteiger partial charge in [-0.25, -0.2) is 19.3 Å². The Morgan fingerprint density at radius 3 is 2.64 bits per heavy atom. The van der Waals surface area contributed by atoms with Crippen LogP contribution in [0.15, 0.2) is 60.9 Å². The van der Waals surface area contributed by atoms with E-state index in [4.69, 9.17) is 0 Å². The quantitative estimate of drug-likeness (QED) is 0.358. The smallest absolute Gasteiger partial charge is 0.255 e. The number of amides is 1. The lowest BCUT2D eigenvalue weighted by Gasteiger charge is -2.16. The number of aromatic nitrogens is 3. The number of halogens is 1. The number of rotatable bonds is 6. The summed E-state index contributed by atoms with van der Waals surface area (Å²) >= 11 is 0. The molecule has 0 bridgehead atoms. The lowest BCUT2D eigenvalue weighted by Crippen LogP contribution is -2.28. The van der Waals surface area contributed by atoms with Gasteiger partial charge in [-0.05, 0) is 48.9 Å². The summed E-state index contributed by atoms with van der Waals surface area (Å²) in [6, 6.07) is 14.6. The zero-order chi connectivity index (χ0) is 25.5. The molecule has 8 nitrogen and oxygen atoms in total. The van der Waals surface area contributed by atoms with Crippen molar-refractivity contribution in [2.45, 2.75) is 13.0 Å². The summed E-state index contributed by atoms with van der Waals surface area (Å²) in [5, 5.41) is 18.9. The van der Waals surface area contributed by atoms with Gasteiger partial charge in [-0.3, -0.25) is 4.79 Å². The second-order valence-electron chi connectivity index (χ2n) is 7.85. The summed E-state index contributed by atoms with van der Waals surface area (Å²) in [5.41, 5.74) is 2.82. The molecule has 0 spiro atoms. The summed E-state index contributed by atoms with van der Waals surface area (Å²) < 4.78 is 13.2. The molecule has 0 saturated heterocycles. The van der Waals surface area contributed by atoms with Gasteiger partial charge in [0.1, 0.15) is 17.7 Å². The van der Waals surface area contributed by atoms with Crippen LogP contribution in [0.1, 0.15) is 40.0 Å². The van der Waals surface area contributed by atoms with Crippen LogP contribution in [-0.4, -0.2) is 34.5 Å². The summed E-state index contributed by atoms with van der Waals surface area (Å²) in [6.07, 6.45) is 3.12. The molecule has 1 atom stereocenters. The largest absolute Gasteiger partial charge is 0.358 e. The molecule has 4 aromatic rings. The fourth-order valence-corrected chi connectivity index (χ4v) is 3.45. The molecule has 4 rings (SSSR count). The highest BCUT2D eigenvalue weighted by Crippen LogP contribution is 2.18. The van der Waals surface area contributed by atoms with Gasteiger partial charge >= 0.3 is 0 Å². The van der Waals surface area contributed by atoms with Crippen molar-refractivity contribution < 1.29 is 9.18 Å².